The summed E-state index contributed by atoms with van der Waals surface area (Å²) in [5, 5.41) is 12.9. The molecule has 0 aromatic heterocycles. The molecule has 0 spiro atoms. The van der Waals surface area contributed by atoms with E-state index < -0.39 is 45.3 Å². The standard InChI is InChI=1S/C45H55N5O10S/c1-44(2)32-16-12-13-18-35(32)48(27-14-8-11-21-39(52)47-34(43(46)56)17-15-22-42(55)60-50-40(53)25-26-41(50)54)37(44)19-9-6-5-7-10-20-38-45(3,4)33-30-31(61(57,58)59)23-24-36(33)49(38)28-29-51/h5-7,9-10,12-13,16,18-20,23-24,30,34,51H,8,11,14-15,17,21-22,25-29H2,1-4H3,(H3-,46,47,52,56,57,58,59)/p+1. The van der Waals surface area contributed by atoms with Crippen LogP contribution in [-0.2, 0) is 49.8 Å². The van der Waals surface area contributed by atoms with Crippen molar-refractivity contribution >= 4 is 56.8 Å². The summed E-state index contributed by atoms with van der Waals surface area (Å²) in [7, 11) is -4.38. The fourth-order valence-electron chi connectivity index (χ4n) is 8.06. The van der Waals surface area contributed by atoms with Crippen LogP contribution in [0, 0.1) is 0 Å². The van der Waals surface area contributed by atoms with Gasteiger partial charge >= 0.3 is 5.97 Å². The van der Waals surface area contributed by atoms with Crippen molar-refractivity contribution in [1.82, 2.24) is 10.4 Å². The molecule has 3 heterocycles. The highest BCUT2D eigenvalue weighted by Gasteiger charge is 2.44. The van der Waals surface area contributed by atoms with Crippen molar-refractivity contribution in [2.24, 2.45) is 5.73 Å². The van der Waals surface area contributed by atoms with Crippen LogP contribution in [0.5, 0.6) is 0 Å². The van der Waals surface area contributed by atoms with Crippen LogP contribution in [-0.4, -0.2) is 88.8 Å². The van der Waals surface area contributed by atoms with Crippen molar-refractivity contribution in [1.29, 1.82) is 0 Å². The van der Waals surface area contributed by atoms with Gasteiger partial charge in [-0.3, -0.25) is 23.7 Å². The number of nitrogens with zero attached hydrogens (tertiary/aromatic N) is 3. The van der Waals surface area contributed by atoms with Gasteiger partial charge in [0, 0.05) is 73.2 Å². The van der Waals surface area contributed by atoms with Gasteiger partial charge < -0.3 is 25.9 Å². The van der Waals surface area contributed by atoms with E-state index in [1.807, 2.05) is 67.3 Å². The summed E-state index contributed by atoms with van der Waals surface area (Å²) >= 11 is 0. The fraction of sp³-hybridized carbons (Fsp3) is 0.422. The van der Waals surface area contributed by atoms with E-state index >= 15 is 0 Å². The first-order valence-corrected chi connectivity index (χ1v) is 21.9. The molecule has 0 aliphatic carbocycles. The predicted octanol–water partition coefficient (Wildman–Crippen LogP) is 4.96. The van der Waals surface area contributed by atoms with E-state index in [4.69, 9.17) is 10.6 Å². The Bertz CT molecular complexity index is 2290. The number of nitrogens with two attached hydrogens (primary N) is 1. The first kappa shape index (κ1) is 46.4. The Balaban J connectivity index is 1.15. The summed E-state index contributed by atoms with van der Waals surface area (Å²) in [5.41, 5.74) is 10.5. The maximum absolute atomic E-state index is 12.7. The molecule has 15 nitrogen and oxygen atoms in total. The van der Waals surface area contributed by atoms with E-state index in [1.54, 1.807) is 6.07 Å². The number of β-amino-alcohol motifs (C(OH)–C–C–N with tert-alkyl or cyclic N) is 1. The molecule has 3 aliphatic heterocycles. The fourth-order valence-corrected chi connectivity index (χ4v) is 8.57. The number of rotatable bonds is 20. The van der Waals surface area contributed by atoms with Gasteiger partial charge in [-0.2, -0.15) is 13.0 Å². The maximum atomic E-state index is 12.7. The molecule has 0 radical (unpaired) electrons. The summed E-state index contributed by atoms with van der Waals surface area (Å²) in [6.45, 7) is 9.27. The number of primary amides is 1. The third kappa shape index (κ3) is 11.0. The molecule has 3 aliphatic rings. The summed E-state index contributed by atoms with van der Waals surface area (Å²) in [6, 6.07) is 11.8. The number of aliphatic hydroxyl groups excluding tert-OH is 1. The molecule has 1 unspecified atom stereocenters. The maximum Gasteiger partial charge on any atom is 0.333 e. The molecule has 0 bridgehead atoms. The lowest BCUT2D eigenvalue weighted by molar-refractivity contribution is -0.438. The monoisotopic (exact) mass is 858 g/mol. The van der Waals surface area contributed by atoms with E-state index in [0.29, 0.717) is 18.0 Å². The molecule has 0 saturated carbocycles. The van der Waals surface area contributed by atoms with E-state index in [9.17, 15) is 42.0 Å². The van der Waals surface area contributed by atoms with Crippen LogP contribution >= 0.6 is 0 Å². The topological polar surface area (TPSA) is 217 Å². The zero-order chi connectivity index (χ0) is 44.5. The number of aliphatic hydroxyl groups is 1. The largest absolute Gasteiger partial charge is 0.395 e. The van der Waals surface area contributed by atoms with Gasteiger partial charge in [-0.05, 0) is 69.4 Å². The summed E-state index contributed by atoms with van der Waals surface area (Å²) in [4.78, 5) is 66.8. The average Bonchev–Trinajstić information content (AvgIpc) is 3.71. The number of hydroxylamine groups is 2. The molecular weight excluding hydrogens is 803 g/mol. The molecule has 4 amide bonds. The second-order valence-corrected chi connectivity index (χ2v) is 17.7. The molecule has 16 heteroatoms. The summed E-state index contributed by atoms with van der Waals surface area (Å²) < 4.78 is 35.6. The molecule has 5 rings (SSSR count). The van der Waals surface area contributed by atoms with Gasteiger partial charge in [0.25, 0.3) is 21.9 Å². The molecule has 326 valence electrons. The van der Waals surface area contributed by atoms with Crippen LogP contribution in [0.15, 0.2) is 95.6 Å². The zero-order valence-electron chi connectivity index (χ0n) is 35.1. The van der Waals surface area contributed by atoms with Gasteiger partial charge in [-0.15, -0.1) is 5.06 Å². The highest BCUT2D eigenvalue weighted by Crippen LogP contribution is 2.48. The number of hydrogen-bond acceptors (Lipinski definition) is 10. The number of amides is 4. The van der Waals surface area contributed by atoms with E-state index in [-0.39, 0.29) is 61.3 Å². The van der Waals surface area contributed by atoms with Crippen molar-refractivity contribution < 1.29 is 51.5 Å². The van der Waals surface area contributed by atoms with Gasteiger partial charge in [-0.1, -0.05) is 62.4 Å². The third-order valence-electron chi connectivity index (χ3n) is 11.3. The second kappa shape index (κ2) is 19.8. The lowest BCUT2D eigenvalue weighted by Crippen LogP contribution is -2.44. The van der Waals surface area contributed by atoms with E-state index in [2.05, 4.69) is 41.9 Å². The Morgan fingerprint density at radius 3 is 2.28 bits per heavy atom. The molecule has 61 heavy (non-hydrogen) atoms. The molecule has 1 fully saturated rings. The molecule has 2 aromatic rings. The van der Waals surface area contributed by atoms with Crippen LogP contribution in [0.2, 0.25) is 0 Å². The number of para-hydroxylation sites is 1. The number of anilines is 1. The van der Waals surface area contributed by atoms with Crippen molar-refractivity contribution in [2.45, 2.75) is 107 Å². The van der Waals surface area contributed by atoms with Gasteiger partial charge in [-0.25, -0.2) is 4.79 Å². The predicted molar refractivity (Wildman–Crippen MR) is 229 cm³/mol. The van der Waals surface area contributed by atoms with E-state index in [1.165, 1.54) is 17.7 Å². The molecule has 2 aromatic carbocycles. The average molecular weight is 859 g/mol. The zero-order valence-corrected chi connectivity index (χ0v) is 35.9. The Morgan fingerprint density at radius 2 is 1.59 bits per heavy atom. The molecule has 1 atom stereocenters. The number of carbonyl (C=O) groups excluding carboxylic acids is 5. The van der Waals surface area contributed by atoms with Crippen LogP contribution < -0.4 is 16.0 Å². The number of benzene rings is 2. The minimum atomic E-state index is -4.38. The first-order chi connectivity index (χ1) is 28.9. The number of unbranched alkanes of at least 4 members (excludes halogenated alkanes) is 2. The van der Waals surface area contributed by atoms with Crippen molar-refractivity contribution in [3.05, 3.63) is 102 Å². The van der Waals surface area contributed by atoms with Gasteiger partial charge in [0.1, 0.15) is 12.6 Å². The number of fused-ring (bicyclic) bond motifs is 2. The highest BCUT2D eigenvalue weighted by molar-refractivity contribution is 7.85. The second-order valence-electron chi connectivity index (χ2n) is 16.3. The van der Waals surface area contributed by atoms with Gasteiger partial charge in [0.2, 0.25) is 17.5 Å². The third-order valence-corrected chi connectivity index (χ3v) is 12.1. The number of allylic oxidation sites excluding steroid dienone is 8. The number of carbonyl (C=O) groups is 5. The van der Waals surface area contributed by atoms with Gasteiger partial charge in [0.05, 0.1) is 16.9 Å². The normalized spacial score (nSPS) is 18.2. The van der Waals surface area contributed by atoms with Crippen LogP contribution in [0.25, 0.3) is 0 Å². The minimum Gasteiger partial charge on any atom is -0.395 e. The quantitative estimate of drug-likeness (QED) is 0.0459. The van der Waals surface area contributed by atoms with Gasteiger partial charge in [0.15, 0.2) is 5.71 Å². The molecular formula is C45H56N5O10S+. The number of imide groups is 1. The first-order valence-electron chi connectivity index (χ1n) is 20.5. The van der Waals surface area contributed by atoms with Crippen LogP contribution in [0.4, 0.5) is 11.4 Å². The van der Waals surface area contributed by atoms with Crippen molar-refractivity contribution in [2.75, 3.05) is 24.6 Å². The summed E-state index contributed by atoms with van der Waals surface area (Å²) in [5.74, 6) is -3.00. The Kier molecular flexibility index (Phi) is 15.0. The lowest BCUT2D eigenvalue weighted by Gasteiger charge is -2.26. The van der Waals surface area contributed by atoms with Crippen LogP contribution in [0.1, 0.15) is 96.6 Å². The number of hydrogen-bond donors (Lipinski definition) is 4. The highest BCUT2D eigenvalue weighted by atomic mass is 32.2. The van der Waals surface area contributed by atoms with Crippen molar-refractivity contribution in [3.63, 3.8) is 0 Å². The molecule has 1 saturated heterocycles. The molecule has 5 N–H and O–H groups in total. The summed E-state index contributed by atoms with van der Waals surface area (Å²) in [6.07, 6.45) is 16.1. The SMILES string of the molecule is CC1(C)C(=CC=CC=CC=CC2=[N+](CCCCCC(=O)NC(CCCC(=O)ON3C(=O)CCC3=O)C(N)=O)c3ccccc3C2(C)C)N(CCO)c2ccc(S(=O)(=O)O)cc21. The van der Waals surface area contributed by atoms with E-state index in [0.717, 1.165) is 47.7 Å². The lowest BCUT2D eigenvalue weighted by atomic mass is 9.81. The minimum absolute atomic E-state index is 0.0116. The Hall–Kier alpha value is -5.71. The Labute approximate surface area is 357 Å². The van der Waals surface area contributed by atoms with Crippen LogP contribution in [0.3, 0.4) is 0 Å². The Morgan fingerprint density at radius 1 is 0.902 bits per heavy atom. The number of nitrogens with one attached hydrogen (secondary N) is 1. The van der Waals surface area contributed by atoms with Crippen molar-refractivity contribution in [3.8, 4) is 0 Å². The smallest absolute Gasteiger partial charge is 0.333 e.